The zero-order chi connectivity index (χ0) is 16.2. The molecule has 116 valence electrons. The van der Waals surface area contributed by atoms with Crippen LogP contribution in [0.4, 0.5) is 0 Å². The maximum atomic E-state index is 12.4. The number of ketones is 1. The summed E-state index contributed by atoms with van der Waals surface area (Å²) in [6.07, 6.45) is 0. The number of rotatable bonds is 5. The number of nitrogens with zero attached hydrogens (tertiary/aromatic N) is 4. The Labute approximate surface area is 137 Å². The maximum Gasteiger partial charge on any atom is 0.214 e. The van der Waals surface area contributed by atoms with E-state index in [4.69, 9.17) is 0 Å². The minimum absolute atomic E-state index is 0.0239. The molecule has 1 N–H and O–H groups in total. The smallest absolute Gasteiger partial charge is 0.214 e. The average molecular weight is 326 g/mol. The van der Waals surface area contributed by atoms with E-state index in [9.17, 15) is 9.90 Å². The summed E-state index contributed by atoms with van der Waals surface area (Å²) in [7, 11) is 0. The van der Waals surface area contributed by atoms with Gasteiger partial charge >= 0.3 is 0 Å². The Morgan fingerprint density at radius 3 is 2.52 bits per heavy atom. The van der Waals surface area contributed by atoms with Crippen LogP contribution < -0.4 is 0 Å². The van der Waals surface area contributed by atoms with Crippen LogP contribution in [-0.4, -0.2) is 36.3 Å². The zero-order valence-electron chi connectivity index (χ0n) is 12.3. The van der Waals surface area contributed by atoms with Crippen molar-refractivity contribution in [1.29, 1.82) is 0 Å². The van der Waals surface area contributed by atoms with Gasteiger partial charge in [-0.1, -0.05) is 42.1 Å². The lowest BCUT2D eigenvalue weighted by Gasteiger charge is -2.10. The van der Waals surface area contributed by atoms with Gasteiger partial charge in [0.25, 0.3) is 0 Å². The van der Waals surface area contributed by atoms with Gasteiger partial charge in [0.2, 0.25) is 5.16 Å². The predicted molar refractivity (Wildman–Crippen MR) is 86.9 cm³/mol. The van der Waals surface area contributed by atoms with Crippen molar-refractivity contribution in [3.63, 3.8) is 0 Å². The van der Waals surface area contributed by atoms with E-state index >= 15 is 0 Å². The Morgan fingerprint density at radius 2 is 1.83 bits per heavy atom. The van der Waals surface area contributed by atoms with Gasteiger partial charge in [-0.15, -0.1) is 5.10 Å². The molecule has 2 aromatic carbocycles. The third kappa shape index (κ3) is 3.40. The van der Waals surface area contributed by atoms with Crippen molar-refractivity contribution < 1.29 is 9.90 Å². The van der Waals surface area contributed by atoms with Crippen LogP contribution in [0.2, 0.25) is 0 Å². The SMILES string of the molecule is C[C@@H](Sc1nnnn1-c1ccc(O)cc1)C(=O)c1ccccc1. The van der Waals surface area contributed by atoms with Crippen LogP contribution in [0, 0.1) is 0 Å². The van der Waals surface area contributed by atoms with E-state index in [0.29, 0.717) is 10.7 Å². The van der Waals surface area contributed by atoms with Gasteiger partial charge in [-0.05, 0) is 41.6 Å². The molecule has 0 bridgehead atoms. The molecule has 0 unspecified atom stereocenters. The molecule has 0 saturated carbocycles. The molecule has 0 spiro atoms. The molecule has 1 aromatic heterocycles. The van der Waals surface area contributed by atoms with E-state index in [1.807, 2.05) is 25.1 Å². The average Bonchev–Trinajstić information content (AvgIpc) is 3.03. The third-order valence-electron chi connectivity index (χ3n) is 3.24. The second-order valence-electron chi connectivity index (χ2n) is 4.88. The minimum atomic E-state index is -0.320. The topological polar surface area (TPSA) is 80.9 Å². The van der Waals surface area contributed by atoms with E-state index in [1.165, 1.54) is 11.8 Å². The van der Waals surface area contributed by atoms with Crippen LogP contribution in [-0.2, 0) is 0 Å². The summed E-state index contributed by atoms with van der Waals surface area (Å²) in [5.41, 5.74) is 1.38. The van der Waals surface area contributed by atoms with Gasteiger partial charge < -0.3 is 5.11 Å². The molecule has 0 saturated heterocycles. The van der Waals surface area contributed by atoms with Crippen LogP contribution in [0.3, 0.4) is 0 Å². The molecule has 0 fully saturated rings. The number of Topliss-reactive ketones (excluding diaryl/α,β-unsaturated/α-hetero) is 1. The summed E-state index contributed by atoms with van der Waals surface area (Å²) in [5.74, 6) is 0.194. The number of aromatic nitrogens is 4. The minimum Gasteiger partial charge on any atom is -0.508 e. The first-order valence-electron chi connectivity index (χ1n) is 6.99. The van der Waals surface area contributed by atoms with Crippen molar-refractivity contribution in [1.82, 2.24) is 20.2 Å². The normalized spacial score (nSPS) is 12.0. The van der Waals surface area contributed by atoms with E-state index in [1.54, 1.807) is 41.1 Å². The molecule has 0 aliphatic carbocycles. The number of benzene rings is 2. The van der Waals surface area contributed by atoms with Gasteiger partial charge in [0.05, 0.1) is 10.9 Å². The van der Waals surface area contributed by atoms with Crippen molar-refractivity contribution in [2.24, 2.45) is 0 Å². The highest BCUT2D eigenvalue weighted by molar-refractivity contribution is 8.00. The Hall–Kier alpha value is -2.67. The Kier molecular flexibility index (Phi) is 4.38. The molecule has 0 radical (unpaired) electrons. The van der Waals surface area contributed by atoms with Crippen molar-refractivity contribution in [3.05, 3.63) is 60.2 Å². The number of thioether (sulfide) groups is 1. The lowest BCUT2D eigenvalue weighted by molar-refractivity contribution is 0.0994. The fourth-order valence-electron chi connectivity index (χ4n) is 2.06. The van der Waals surface area contributed by atoms with E-state index in [0.717, 1.165) is 5.69 Å². The zero-order valence-corrected chi connectivity index (χ0v) is 13.1. The summed E-state index contributed by atoms with van der Waals surface area (Å²) in [4.78, 5) is 12.4. The van der Waals surface area contributed by atoms with Crippen LogP contribution in [0.25, 0.3) is 5.69 Å². The standard InChI is InChI=1S/C16H14N4O2S/c1-11(15(22)12-5-3-2-4-6-12)23-16-17-18-19-20(16)13-7-9-14(21)10-8-13/h2-11,21H,1H3/t11-/m1/s1. The van der Waals surface area contributed by atoms with Gasteiger partial charge in [-0.25, -0.2) is 0 Å². The lowest BCUT2D eigenvalue weighted by Crippen LogP contribution is -2.14. The molecule has 0 aliphatic rings. The first kappa shape index (κ1) is 15.2. The molecular weight excluding hydrogens is 312 g/mol. The van der Waals surface area contributed by atoms with Crippen LogP contribution in [0.5, 0.6) is 5.75 Å². The summed E-state index contributed by atoms with van der Waals surface area (Å²) < 4.78 is 1.54. The maximum absolute atomic E-state index is 12.4. The van der Waals surface area contributed by atoms with Crippen LogP contribution >= 0.6 is 11.8 Å². The molecule has 1 heterocycles. The monoisotopic (exact) mass is 326 g/mol. The first-order chi connectivity index (χ1) is 11.1. The number of phenolic OH excluding ortho intramolecular Hbond substituents is 1. The first-order valence-corrected chi connectivity index (χ1v) is 7.87. The number of hydrogen-bond acceptors (Lipinski definition) is 6. The molecule has 7 heteroatoms. The molecule has 3 aromatic rings. The van der Waals surface area contributed by atoms with E-state index in [-0.39, 0.29) is 16.8 Å². The van der Waals surface area contributed by atoms with Crippen LogP contribution in [0.1, 0.15) is 17.3 Å². The Bertz CT molecular complexity index is 802. The number of tetrazole rings is 1. The van der Waals surface area contributed by atoms with E-state index < -0.39 is 0 Å². The van der Waals surface area contributed by atoms with Gasteiger partial charge in [0.15, 0.2) is 5.78 Å². The molecule has 0 aliphatic heterocycles. The number of phenols is 1. The van der Waals surface area contributed by atoms with Gasteiger partial charge in [-0.3, -0.25) is 4.79 Å². The molecule has 23 heavy (non-hydrogen) atoms. The second kappa shape index (κ2) is 6.62. The number of aromatic hydroxyl groups is 1. The lowest BCUT2D eigenvalue weighted by atomic mass is 10.1. The fourth-order valence-corrected chi connectivity index (χ4v) is 2.94. The molecule has 0 amide bonds. The number of carbonyl (C=O) groups excluding carboxylic acids is 1. The Balaban J connectivity index is 1.80. The summed E-state index contributed by atoms with van der Waals surface area (Å²) in [5, 5.41) is 21.2. The quantitative estimate of drug-likeness (QED) is 0.573. The number of hydrogen-bond donors (Lipinski definition) is 1. The van der Waals surface area contributed by atoms with E-state index in [2.05, 4.69) is 15.5 Å². The highest BCUT2D eigenvalue weighted by atomic mass is 32.2. The Morgan fingerprint density at radius 1 is 1.13 bits per heavy atom. The van der Waals surface area contributed by atoms with Crippen molar-refractivity contribution >= 4 is 17.5 Å². The van der Waals surface area contributed by atoms with Crippen molar-refractivity contribution in [2.75, 3.05) is 0 Å². The largest absolute Gasteiger partial charge is 0.508 e. The molecule has 1 atom stereocenters. The highest BCUT2D eigenvalue weighted by Crippen LogP contribution is 2.25. The van der Waals surface area contributed by atoms with Gasteiger partial charge in [0, 0.05) is 5.56 Å². The highest BCUT2D eigenvalue weighted by Gasteiger charge is 2.20. The summed E-state index contributed by atoms with van der Waals surface area (Å²) >= 11 is 1.29. The van der Waals surface area contributed by atoms with Crippen molar-refractivity contribution in [2.45, 2.75) is 17.3 Å². The molecular formula is C16H14N4O2S. The third-order valence-corrected chi connectivity index (χ3v) is 4.28. The van der Waals surface area contributed by atoms with Crippen molar-refractivity contribution in [3.8, 4) is 11.4 Å². The fraction of sp³-hybridized carbons (Fsp3) is 0.125. The predicted octanol–water partition coefficient (Wildman–Crippen LogP) is 2.73. The molecule has 6 nitrogen and oxygen atoms in total. The summed E-state index contributed by atoms with van der Waals surface area (Å²) in [6, 6.07) is 15.7. The number of carbonyl (C=O) groups is 1. The summed E-state index contributed by atoms with van der Waals surface area (Å²) in [6.45, 7) is 1.83. The van der Waals surface area contributed by atoms with Gasteiger partial charge in [-0.2, -0.15) is 4.68 Å². The molecule has 3 rings (SSSR count). The van der Waals surface area contributed by atoms with Gasteiger partial charge in [0.1, 0.15) is 5.75 Å². The second-order valence-corrected chi connectivity index (χ2v) is 6.19. The van der Waals surface area contributed by atoms with Crippen LogP contribution in [0.15, 0.2) is 59.8 Å².